The highest BCUT2D eigenvalue weighted by Gasteiger charge is 2.41. The third-order valence-corrected chi connectivity index (χ3v) is 4.71. The van der Waals surface area contributed by atoms with Gasteiger partial charge in [0.25, 0.3) is 0 Å². The first kappa shape index (κ1) is 14.7. The van der Waals surface area contributed by atoms with E-state index in [1.54, 1.807) is 7.11 Å². The Bertz CT molecular complexity index is 511. The number of aliphatic hydroxyl groups is 1. The van der Waals surface area contributed by atoms with Gasteiger partial charge in [0.05, 0.1) is 7.11 Å². The number of nitrogens with one attached hydrogen (secondary N) is 1. The second-order valence-corrected chi connectivity index (χ2v) is 6.48. The number of fused-ring (bicyclic) bond motifs is 1. The van der Waals surface area contributed by atoms with E-state index in [0.29, 0.717) is 5.41 Å². The lowest BCUT2D eigenvalue weighted by molar-refractivity contribution is 0.245. The Balaban J connectivity index is 1.64. The van der Waals surface area contributed by atoms with Crippen molar-refractivity contribution >= 4 is 0 Å². The Labute approximate surface area is 126 Å². The average Bonchev–Trinajstić information content (AvgIpc) is 3.11. The summed E-state index contributed by atoms with van der Waals surface area (Å²) in [6.45, 7) is 4.12. The van der Waals surface area contributed by atoms with Crippen LogP contribution in [-0.2, 0) is 13.0 Å². The van der Waals surface area contributed by atoms with Crippen molar-refractivity contribution in [3.8, 4) is 11.5 Å². The van der Waals surface area contributed by atoms with Crippen LogP contribution in [0.2, 0.25) is 0 Å². The Morgan fingerprint density at radius 2 is 2.24 bits per heavy atom. The van der Waals surface area contributed by atoms with Crippen LogP contribution in [0.15, 0.2) is 12.1 Å². The van der Waals surface area contributed by atoms with Crippen molar-refractivity contribution in [3.63, 3.8) is 0 Å². The van der Waals surface area contributed by atoms with E-state index < -0.39 is 0 Å². The molecule has 1 atom stereocenters. The van der Waals surface area contributed by atoms with E-state index in [1.165, 1.54) is 18.4 Å². The van der Waals surface area contributed by atoms with Crippen molar-refractivity contribution in [1.82, 2.24) is 5.32 Å². The summed E-state index contributed by atoms with van der Waals surface area (Å²) in [4.78, 5) is 0. The van der Waals surface area contributed by atoms with Crippen LogP contribution in [0, 0.1) is 5.41 Å². The van der Waals surface area contributed by atoms with Crippen molar-refractivity contribution in [3.05, 3.63) is 23.3 Å². The number of methoxy groups -OCH3 is 1. The molecule has 21 heavy (non-hydrogen) atoms. The monoisotopic (exact) mass is 291 g/mol. The molecule has 1 fully saturated rings. The van der Waals surface area contributed by atoms with Crippen molar-refractivity contribution in [1.29, 1.82) is 0 Å². The Kier molecular flexibility index (Phi) is 4.09. The van der Waals surface area contributed by atoms with E-state index in [2.05, 4.69) is 24.4 Å². The van der Waals surface area contributed by atoms with Gasteiger partial charge in [-0.3, -0.25) is 0 Å². The van der Waals surface area contributed by atoms with Crippen molar-refractivity contribution < 1.29 is 14.6 Å². The van der Waals surface area contributed by atoms with Crippen LogP contribution in [-0.4, -0.2) is 31.5 Å². The smallest absolute Gasteiger partial charge is 0.123 e. The standard InChI is InChI=1S/C17H25NO3/c1-12-7-13-8-15(20-2)14(9-16(13)21-12)10-18-11-17(3-4-17)5-6-19/h8-9,12,18-19H,3-7,10-11H2,1-2H3. The van der Waals surface area contributed by atoms with Gasteiger partial charge >= 0.3 is 0 Å². The summed E-state index contributed by atoms with van der Waals surface area (Å²) in [5, 5.41) is 12.6. The van der Waals surface area contributed by atoms with E-state index in [1.807, 2.05) is 0 Å². The number of hydrogen-bond donors (Lipinski definition) is 2. The molecule has 0 bridgehead atoms. The van der Waals surface area contributed by atoms with Crippen molar-refractivity contribution in [2.45, 2.75) is 45.3 Å². The van der Waals surface area contributed by atoms with Gasteiger partial charge in [-0.15, -0.1) is 0 Å². The Morgan fingerprint density at radius 3 is 2.90 bits per heavy atom. The third-order valence-electron chi connectivity index (χ3n) is 4.71. The molecular formula is C17H25NO3. The number of ether oxygens (including phenoxy) is 2. The lowest BCUT2D eigenvalue weighted by Gasteiger charge is -2.16. The first-order valence-corrected chi connectivity index (χ1v) is 7.84. The van der Waals surface area contributed by atoms with Gasteiger partial charge in [0.2, 0.25) is 0 Å². The van der Waals surface area contributed by atoms with Gasteiger partial charge < -0.3 is 19.9 Å². The van der Waals surface area contributed by atoms with Gasteiger partial charge in [0.15, 0.2) is 0 Å². The zero-order valence-electron chi connectivity index (χ0n) is 12.9. The molecule has 0 aromatic heterocycles. The summed E-state index contributed by atoms with van der Waals surface area (Å²) >= 11 is 0. The molecule has 0 radical (unpaired) electrons. The maximum Gasteiger partial charge on any atom is 0.123 e. The highest BCUT2D eigenvalue weighted by molar-refractivity contribution is 5.48. The van der Waals surface area contributed by atoms with E-state index in [-0.39, 0.29) is 12.7 Å². The minimum absolute atomic E-state index is 0.257. The number of benzene rings is 1. The highest BCUT2D eigenvalue weighted by Crippen LogP contribution is 2.48. The van der Waals surface area contributed by atoms with Crippen LogP contribution in [0.4, 0.5) is 0 Å². The maximum absolute atomic E-state index is 9.11. The van der Waals surface area contributed by atoms with Gasteiger partial charge in [0.1, 0.15) is 17.6 Å². The van der Waals surface area contributed by atoms with Crippen LogP contribution in [0.3, 0.4) is 0 Å². The predicted molar refractivity (Wildman–Crippen MR) is 81.9 cm³/mol. The van der Waals surface area contributed by atoms with Crippen LogP contribution in [0.1, 0.15) is 37.3 Å². The minimum atomic E-state index is 0.257. The van der Waals surface area contributed by atoms with Crippen LogP contribution < -0.4 is 14.8 Å². The van der Waals surface area contributed by atoms with E-state index >= 15 is 0 Å². The normalized spacial score (nSPS) is 21.8. The molecule has 1 aromatic carbocycles. The lowest BCUT2D eigenvalue weighted by Crippen LogP contribution is -2.24. The first-order chi connectivity index (χ1) is 10.2. The SMILES string of the molecule is COc1cc2c(cc1CNCC1(CCO)CC1)OC(C)C2. The molecule has 4 heteroatoms. The van der Waals surface area contributed by atoms with Gasteiger partial charge in [-0.1, -0.05) is 0 Å². The van der Waals surface area contributed by atoms with Crippen molar-refractivity contribution in [2.75, 3.05) is 20.3 Å². The fourth-order valence-corrected chi connectivity index (χ4v) is 3.20. The molecule has 3 rings (SSSR count). The second kappa shape index (κ2) is 5.85. The van der Waals surface area contributed by atoms with Crippen molar-refractivity contribution in [2.24, 2.45) is 5.41 Å². The Hall–Kier alpha value is -1.26. The van der Waals surface area contributed by atoms with Gasteiger partial charge in [-0.05, 0) is 43.7 Å². The molecule has 4 nitrogen and oxygen atoms in total. The van der Waals surface area contributed by atoms with Gasteiger partial charge in [-0.25, -0.2) is 0 Å². The molecule has 1 aliphatic carbocycles. The largest absolute Gasteiger partial charge is 0.496 e. The zero-order chi connectivity index (χ0) is 14.9. The van der Waals surface area contributed by atoms with Crippen LogP contribution in [0.5, 0.6) is 11.5 Å². The number of rotatable bonds is 7. The van der Waals surface area contributed by atoms with Gasteiger partial charge in [-0.2, -0.15) is 0 Å². The minimum Gasteiger partial charge on any atom is -0.496 e. The summed E-state index contributed by atoms with van der Waals surface area (Å²) in [6, 6.07) is 4.22. The fourth-order valence-electron chi connectivity index (χ4n) is 3.20. The number of hydrogen-bond acceptors (Lipinski definition) is 4. The molecular weight excluding hydrogens is 266 g/mol. The average molecular weight is 291 g/mol. The zero-order valence-corrected chi connectivity index (χ0v) is 12.9. The van der Waals surface area contributed by atoms with Gasteiger partial charge in [0, 0.05) is 37.2 Å². The molecule has 1 aromatic rings. The molecule has 0 amide bonds. The lowest BCUT2D eigenvalue weighted by atomic mass is 10.0. The quantitative estimate of drug-likeness (QED) is 0.809. The summed E-state index contributed by atoms with van der Waals surface area (Å²) in [6.07, 6.45) is 4.57. The first-order valence-electron chi connectivity index (χ1n) is 7.84. The van der Waals surface area contributed by atoms with Crippen LogP contribution >= 0.6 is 0 Å². The van der Waals surface area contributed by atoms with E-state index in [4.69, 9.17) is 14.6 Å². The maximum atomic E-state index is 9.11. The molecule has 2 aliphatic rings. The molecule has 1 unspecified atom stereocenters. The molecule has 1 heterocycles. The molecule has 0 saturated heterocycles. The summed E-state index contributed by atoms with van der Waals surface area (Å²) < 4.78 is 11.3. The van der Waals surface area contributed by atoms with E-state index in [9.17, 15) is 0 Å². The Morgan fingerprint density at radius 1 is 1.43 bits per heavy atom. The predicted octanol–water partition coefficient (Wildman–Crippen LogP) is 2.27. The molecule has 1 saturated carbocycles. The third kappa shape index (κ3) is 3.16. The molecule has 116 valence electrons. The van der Waals surface area contributed by atoms with Crippen LogP contribution in [0.25, 0.3) is 0 Å². The number of aliphatic hydroxyl groups excluding tert-OH is 1. The topological polar surface area (TPSA) is 50.7 Å². The van der Waals surface area contributed by atoms with E-state index in [0.717, 1.165) is 43.0 Å². The summed E-state index contributed by atoms with van der Waals surface area (Å²) in [7, 11) is 1.72. The highest BCUT2D eigenvalue weighted by atomic mass is 16.5. The summed E-state index contributed by atoms with van der Waals surface area (Å²) in [5.74, 6) is 1.93. The molecule has 2 N–H and O–H groups in total. The summed E-state index contributed by atoms with van der Waals surface area (Å²) in [5.41, 5.74) is 2.72. The second-order valence-electron chi connectivity index (χ2n) is 6.48. The fraction of sp³-hybridized carbons (Fsp3) is 0.647. The molecule has 1 aliphatic heterocycles. The molecule has 0 spiro atoms.